The molecule has 0 spiro atoms. The van der Waals surface area contributed by atoms with Gasteiger partial charge in [-0.3, -0.25) is 0 Å². The Kier molecular flexibility index (Phi) is 52.9. The normalized spacial score (nSPS) is 12.3. The van der Waals surface area contributed by atoms with E-state index in [1.165, 1.54) is 55.8 Å². The van der Waals surface area contributed by atoms with Crippen molar-refractivity contribution in [2.75, 3.05) is 96.5 Å². The average molecular weight is 2080 g/mol. The third-order valence-corrected chi connectivity index (χ3v) is 28.0. The van der Waals surface area contributed by atoms with Crippen molar-refractivity contribution in [3.8, 4) is 58.0 Å². The fourth-order valence-electron chi connectivity index (χ4n) is 18.5. The van der Waals surface area contributed by atoms with Gasteiger partial charge in [-0.05, 0) is 360 Å². The Morgan fingerprint density at radius 1 is 0.260 bits per heavy atom. The van der Waals surface area contributed by atoms with E-state index in [4.69, 9.17) is 94.1 Å². The van der Waals surface area contributed by atoms with Gasteiger partial charge >= 0.3 is 0 Å². The number of halogens is 1. The van der Waals surface area contributed by atoms with Crippen LogP contribution in [-0.4, -0.2) is 156 Å². The maximum atomic E-state index is 6.24. The number of nitrogens with zero attached hydrogens (tertiary/aromatic N) is 12. The van der Waals surface area contributed by atoms with Crippen LogP contribution in [0.5, 0.6) is 58.0 Å². The third kappa shape index (κ3) is 38.5. The van der Waals surface area contributed by atoms with Crippen LogP contribution in [0.25, 0.3) is 0 Å². The first-order valence-electron chi connectivity index (χ1n) is 53.2. The summed E-state index contributed by atoms with van der Waals surface area (Å²) in [6.45, 7) is 65.1. The minimum atomic E-state index is 0.438. The van der Waals surface area contributed by atoms with E-state index in [0.717, 1.165) is 288 Å². The van der Waals surface area contributed by atoms with Crippen LogP contribution >= 0.6 is 11.6 Å². The molecule has 816 valence electrons. The smallest absolute Gasteiger partial charge is 0.225 e. The van der Waals surface area contributed by atoms with Crippen molar-refractivity contribution in [3.63, 3.8) is 0 Å². The molecule has 0 radical (unpaired) electrons. The zero-order valence-corrected chi connectivity index (χ0v) is 98.5. The number of nitrogens with two attached hydrogens (primary N) is 1. The van der Waals surface area contributed by atoms with E-state index in [1.54, 1.807) is 56.9 Å². The molecule has 6 atom stereocenters. The topological polar surface area (TPSA) is 291 Å². The molecule has 150 heavy (non-hydrogen) atoms. The quantitative estimate of drug-likeness (QED) is 0.0371. The molecule has 0 fully saturated rings. The molecular formula is C124H176ClN13O12. The Morgan fingerprint density at radius 2 is 0.520 bits per heavy atom. The van der Waals surface area contributed by atoms with E-state index in [1.807, 2.05) is 139 Å². The summed E-state index contributed by atoms with van der Waals surface area (Å²) in [5, 5.41) is 0.696. The Balaban J connectivity index is 0.000000243. The molecule has 25 nitrogen and oxygen atoms in total. The van der Waals surface area contributed by atoms with Crippen molar-refractivity contribution in [1.82, 2.24) is 59.8 Å². The second kappa shape index (κ2) is 63.2. The van der Waals surface area contributed by atoms with Gasteiger partial charge in [0, 0.05) is 140 Å². The average Bonchev–Trinajstić information content (AvgIpc) is 0.828. The van der Waals surface area contributed by atoms with Crippen molar-refractivity contribution in [1.29, 1.82) is 0 Å². The van der Waals surface area contributed by atoms with Crippen LogP contribution in [0, 0.1) is 195 Å². The van der Waals surface area contributed by atoms with Gasteiger partial charge in [0.15, 0.2) is 0 Å². The van der Waals surface area contributed by atoms with Crippen molar-refractivity contribution in [2.24, 2.45) is 41.2 Å². The van der Waals surface area contributed by atoms with Gasteiger partial charge in [0.1, 0.15) is 69.4 Å². The summed E-state index contributed by atoms with van der Waals surface area (Å²) in [7, 11) is 13.9. The number of methoxy groups -OCH3 is 8. The van der Waals surface area contributed by atoms with Crippen LogP contribution in [0.1, 0.15) is 272 Å². The lowest BCUT2D eigenvalue weighted by Gasteiger charge is -2.18. The maximum absolute atomic E-state index is 6.24. The first-order valence-corrected chi connectivity index (χ1v) is 53.5. The van der Waals surface area contributed by atoms with E-state index in [9.17, 15) is 0 Å². The summed E-state index contributed by atoms with van der Waals surface area (Å²) in [6.07, 6.45) is 13.4. The van der Waals surface area contributed by atoms with Crippen molar-refractivity contribution >= 4 is 11.6 Å². The molecule has 0 aliphatic rings. The Hall–Kier alpha value is -11.4. The van der Waals surface area contributed by atoms with Crippen molar-refractivity contribution in [2.45, 2.75) is 297 Å². The minimum Gasteiger partial charge on any atom is -0.497 e. The van der Waals surface area contributed by atoms with Gasteiger partial charge in [-0.1, -0.05) is 145 Å². The predicted octanol–water partition coefficient (Wildman–Crippen LogP) is 27.7. The molecule has 0 bridgehead atoms. The van der Waals surface area contributed by atoms with Crippen LogP contribution < -0.4 is 34.2 Å². The van der Waals surface area contributed by atoms with E-state index < -0.39 is 0 Å². The van der Waals surface area contributed by atoms with E-state index >= 15 is 0 Å². The lowest BCUT2D eigenvalue weighted by atomic mass is 9.93. The molecule has 2 N–H and O–H groups in total. The van der Waals surface area contributed by atoms with Gasteiger partial charge < -0.3 is 62.6 Å². The SMILES string of the molecule is CCC(COC)Cc1nc(C)nc(Cc2c(C)cc(C)cc2C)c1C.CCC(COC)Cc1nc(C)nc(Cc2ccc(OC)cc2C)c1C.CCC(COC)Cc1nc(C)nc(Oc2c(C)cc(C)cc2C)c1C.CCC(COC)Cc1nc(C)nc(Oc2c(C)cc(CN)cc2C)c1C.CCC(COC)Cc1nc(C)nc(Oc2ccc(Cl)cc2C)c1C.CCC(COC)Cc1nc(C)nc(Oc2ccc(OC)cc2C)c1C. The summed E-state index contributed by atoms with van der Waals surface area (Å²) >= 11 is 6.01. The fraction of sp³-hybridized carbons (Fsp3) is 0.516. The second-order valence-corrected chi connectivity index (χ2v) is 40.7. The van der Waals surface area contributed by atoms with Gasteiger partial charge in [0.05, 0.1) is 48.4 Å². The molecule has 0 aliphatic heterocycles. The zero-order valence-electron chi connectivity index (χ0n) is 97.7. The molecule has 0 saturated heterocycles. The van der Waals surface area contributed by atoms with Gasteiger partial charge in [-0.2, -0.15) is 19.9 Å². The summed E-state index contributed by atoms with van der Waals surface area (Å²) in [6, 6.07) is 30.5. The molecule has 0 amide bonds. The molecule has 0 saturated carbocycles. The summed E-state index contributed by atoms with van der Waals surface area (Å²) in [5.74, 6) is 14.9. The molecule has 26 heteroatoms. The highest BCUT2D eigenvalue weighted by Crippen LogP contribution is 2.39. The number of benzene rings is 6. The largest absolute Gasteiger partial charge is 0.497 e. The van der Waals surface area contributed by atoms with E-state index in [0.29, 0.717) is 82.2 Å². The van der Waals surface area contributed by atoms with E-state index in [-0.39, 0.29) is 0 Å². The highest BCUT2D eigenvalue weighted by atomic mass is 35.5. The summed E-state index contributed by atoms with van der Waals surface area (Å²) in [4.78, 5) is 55.5. The number of hydrogen-bond donors (Lipinski definition) is 1. The Labute approximate surface area is 903 Å². The molecule has 6 aromatic heterocycles. The predicted molar refractivity (Wildman–Crippen MR) is 608 cm³/mol. The Morgan fingerprint density at radius 3 is 0.807 bits per heavy atom. The van der Waals surface area contributed by atoms with Gasteiger partial charge in [0.25, 0.3) is 0 Å². The first kappa shape index (κ1) is 126. The van der Waals surface area contributed by atoms with Crippen LogP contribution in [0.15, 0.2) is 91.0 Å². The fourth-order valence-corrected chi connectivity index (χ4v) is 18.7. The summed E-state index contributed by atoms with van der Waals surface area (Å²) < 4.78 is 67.2. The summed E-state index contributed by atoms with van der Waals surface area (Å²) in [5.41, 5.74) is 37.5. The number of aromatic nitrogens is 12. The van der Waals surface area contributed by atoms with Crippen LogP contribution in [0.4, 0.5) is 0 Å². The minimum absolute atomic E-state index is 0.438. The number of ether oxygens (including phenoxy) is 12. The van der Waals surface area contributed by atoms with Crippen LogP contribution in [-0.2, 0) is 86.3 Å². The number of hydrogen-bond acceptors (Lipinski definition) is 25. The molecule has 12 rings (SSSR count). The number of aryl methyl sites for hydroxylation is 17. The maximum Gasteiger partial charge on any atom is 0.225 e. The number of rotatable bonds is 45. The molecule has 6 unspecified atom stereocenters. The lowest BCUT2D eigenvalue weighted by Crippen LogP contribution is -2.15. The molecule has 0 aliphatic carbocycles. The zero-order chi connectivity index (χ0) is 111. The molecule has 6 heterocycles. The monoisotopic (exact) mass is 2070 g/mol. The van der Waals surface area contributed by atoms with Crippen molar-refractivity contribution in [3.05, 3.63) is 288 Å². The standard InChI is InChI=1S/C22H32N2O.C21H31N3O2.2C21H30N2O2.C20H28N2O3.C19H25ClN2O2/c1-8-19(13-25-7)11-21-17(5)22(24-18(6)23-21)12-20-15(3)9-14(2)10-16(20)4;1-7-17(12-25-6)10-19-15(4)21(24-16(5)23-19)26-20-13(2)8-18(11-22)9-14(20)3;1-8-18(12-24-7)11-19-16(5)21(23-17(6)22-19)25-20-14(3)9-13(2)10-15(20)4;1-7-17(13-24-5)11-20-15(3)21(23-16(4)22-20)12-18-8-9-19(25-6)10-14(18)2;1-7-16(12-23-5)11-18-14(3)20(22-15(4)21-18)25-19-9-8-17(24-6)10-13(19)2;1-6-15(11-23-5)10-17-13(3)19(22-14(4)21-17)24-18-8-7-16(20)9-12(18)2/h9-10,19H,8,11-13H2,1-7H3;8-9,17H,7,10-12,22H2,1-6H3;9-10,18H,8,11-12H2,1-7H3;8-10,17H,7,11-13H2,1-6H3;8-10,16H,7,11-12H2,1-6H3;7-9,15H,6,10-11H2,1-5H3. The molecule has 6 aromatic carbocycles. The Bertz CT molecular complexity index is 5990. The van der Waals surface area contributed by atoms with Crippen molar-refractivity contribution < 1.29 is 56.8 Å². The van der Waals surface area contributed by atoms with Crippen LogP contribution in [0.2, 0.25) is 5.02 Å². The third-order valence-electron chi connectivity index (χ3n) is 27.7. The van der Waals surface area contributed by atoms with Gasteiger partial charge in [-0.25, -0.2) is 39.9 Å². The lowest BCUT2D eigenvalue weighted by molar-refractivity contribution is 0.149. The molecular weight excluding hydrogens is 1900 g/mol. The first-order chi connectivity index (χ1) is 71.5. The highest BCUT2D eigenvalue weighted by molar-refractivity contribution is 6.30. The van der Waals surface area contributed by atoms with E-state index in [2.05, 4.69) is 192 Å². The van der Waals surface area contributed by atoms with Gasteiger partial charge in [-0.15, -0.1) is 0 Å². The van der Waals surface area contributed by atoms with Gasteiger partial charge in [0.2, 0.25) is 23.5 Å². The van der Waals surface area contributed by atoms with Crippen LogP contribution in [0.3, 0.4) is 0 Å². The molecule has 12 aromatic rings. The second-order valence-electron chi connectivity index (χ2n) is 40.2. The highest BCUT2D eigenvalue weighted by Gasteiger charge is 2.26.